The Morgan fingerprint density at radius 3 is 2.43 bits per heavy atom. The number of halogens is 3. The first-order valence-corrected chi connectivity index (χ1v) is 7.60. The molecular formula is C13H11ClF2N2O2S. The number of benzene rings is 2. The van der Waals surface area contributed by atoms with Crippen LogP contribution >= 0.6 is 11.6 Å². The zero-order valence-corrected chi connectivity index (χ0v) is 12.4. The molecule has 0 heterocycles. The number of rotatable bonds is 3. The molecule has 0 saturated heterocycles. The van der Waals surface area contributed by atoms with Crippen LogP contribution in [0.5, 0.6) is 0 Å². The van der Waals surface area contributed by atoms with Gasteiger partial charge in [-0.1, -0.05) is 17.7 Å². The summed E-state index contributed by atoms with van der Waals surface area (Å²) >= 11 is 5.71. The Kier molecular flexibility index (Phi) is 4.06. The Morgan fingerprint density at radius 1 is 1.14 bits per heavy atom. The van der Waals surface area contributed by atoms with Crippen LogP contribution in [0.15, 0.2) is 35.2 Å². The van der Waals surface area contributed by atoms with Crippen molar-refractivity contribution in [2.45, 2.75) is 11.8 Å². The predicted octanol–water partition coefficient (Wildman–Crippen LogP) is 3.31. The summed E-state index contributed by atoms with van der Waals surface area (Å²) in [6, 6.07) is 5.67. The fourth-order valence-corrected chi connectivity index (χ4v) is 3.27. The third kappa shape index (κ3) is 3.25. The van der Waals surface area contributed by atoms with Gasteiger partial charge in [0.05, 0.1) is 16.4 Å². The molecule has 0 radical (unpaired) electrons. The zero-order valence-electron chi connectivity index (χ0n) is 10.8. The number of nitrogens with two attached hydrogens (primary N) is 1. The van der Waals surface area contributed by atoms with E-state index in [9.17, 15) is 17.2 Å². The Morgan fingerprint density at radius 2 is 1.81 bits per heavy atom. The predicted molar refractivity (Wildman–Crippen MR) is 77.8 cm³/mol. The van der Waals surface area contributed by atoms with Crippen LogP contribution in [0.1, 0.15) is 5.56 Å². The van der Waals surface area contributed by atoms with Crippen LogP contribution in [0.25, 0.3) is 0 Å². The maximum absolute atomic E-state index is 13.7. The van der Waals surface area contributed by atoms with Crippen molar-refractivity contribution < 1.29 is 17.2 Å². The lowest BCUT2D eigenvalue weighted by Gasteiger charge is -2.11. The minimum atomic E-state index is -4.19. The van der Waals surface area contributed by atoms with Crippen LogP contribution in [0.3, 0.4) is 0 Å². The second-order valence-corrected chi connectivity index (χ2v) is 6.45. The van der Waals surface area contributed by atoms with Crippen LogP contribution in [0.2, 0.25) is 5.02 Å². The number of aryl methyl sites for hydroxylation is 1. The van der Waals surface area contributed by atoms with Gasteiger partial charge >= 0.3 is 0 Å². The van der Waals surface area contributed by atoms with Crippen molar-refractivity contribution in [1.82, 2.24) is 0 Å². The molecule has 2 rings (SSSR count). The highest BCUT2D eigenvalue weighted by molar-refractivity contribution is 7.92. The highest BCUT2D eigenvalue weighted by Crippen LogP contribution is 2.28. The first kappa shape index (κ1) is 15.5. The SMILES string of the molecule is Cc1ccc(NS(=O)(=O)c2cc(N)c(F)cc2Cl)c(F)c1. The smallest absolute Gasteiger partial charge is 0.263 e. The van der Waals surface area contributed by atoms with Crippen LogP contribution in [0, 0.1) is 18.6 Å². The van der Waals surface area contributed by atoms with Crippen molar-refractivity contribution in [2.75, 3.05) is 10.5 Å². The quantitative estimate of drug-likeness (QED) is 0.847. The van der Waals surface area contributed by atoms with E-state index in [4.69, 9.17) is 17.3 Å². The van der Waals surface area contributed by atoms with Crippen molar-refractivity contribution in [1.29, 1.82) is 0 Å². The Balaban J connectivity index is 2.46. The second-order valence-electron chi connectivity index (χ2n) is 4.39. The molecule has 2 aromatic carbocycles. The van der Waals surface area contributed by atoms with Gasteiger partial charge in [0.2, 0.25) is 0 Å². The zero-order chi connectivity index (χ0) is 15.8. The highest BCUT2D eigenvalue weighted by Gasteiger charge is 2.21. The van der Waals surface area contributed by atoms with E-state index in [0.29, 0.717) is 5.56 Å². The highest BCUT2D eigenvalue weighted by atomic mass is 35.5. The van der Waals surface area contributed by atoms with Crippen molar-refractivity contribution in [3.8, 4) is 0 Å². The molecule has 112 valence electrons. The monoisotopic (exact) mass is 332 g/mol. The van der Waals surface area contributed by atoms with E-state index in [1.807, 2.05) is 0 Å². The third-order valence-corrected chi connectivity index (χ3v) is 4.54. The van der Waals surface area contributed by atoms with E-state index >= 15 is 0 Å². The largest absolute Gasteiger partial charge is 0.396 e. The molecule has 3 N–H and O–H groups in total. The summed E-state index contributed by atoms with van der Waals surface area (Å²) in [5, 5.41) is -0.346. The molecule has 0 amide bonds. The van der Waals surface area contributed by atoms with Crippen LogP contribution in [0.4, 0.5) is 20.2 Å². The van der Waals surface area contributed by atoms with Gasteiger partial charge < -0.3 is 5.73 Å². The Labute approximate surface area is 125 Å². The minimum Gasteiger partial charge on any atom is -0.396 e. The number of nitrogens with one attached hydrogen (secondary N) is 1. The fraction of sp³-hybridized carbons (Fsp3) is 0.0769. The van der Waals surface area contributed by atoms with E-state index in [1.54, 1.807) is 13.0 Å². The van der Waals surface area contributed by atoms with Gasteiger partial charge in [-0.2, -0.15) is 0 Å². The van der Waals surface area contributed by atoms with Gasteiger partial charge in [-0.15, -0.1) is 0 Å². The van der Waals surface area contributed by atoms with E-state index in [0.717, 1.165) is 12.1 Å². The van der Waals surface area contributed by atoms with E-state index in [-0.39, 0.29) is 16.4 Å². The average molecular weight is 333 g/mol. The third-order valence-electron chi connectivity index (χ3n) is 2.71. The number of hydrogen-bond acceptors (Lipinski definition) is 3. The Hall–Kier alpha value is -1.86. The molecular weight excluding hydrogens is 322 g/mol. The normalized spacial score (nSPS) is 11.4. The van der Waals surface area contributed by atoms with E-state index < -0.39 is 26.6 Å². The van der Waals surface area contributed by atoms with Crippen molar-refractivity contribution in [3.05, 3.63) is 52.6 Å². The topological polar surface area (TPSA) is 72.2 Å². The summed E-state index contributed by atoms with van der Waals surface area (Å²) in [5.41, 5.74) is 5.36. The number of anilines is 2. The summed E-state index contributed by atoms with van der Waals surface area (Å²) in [4.78, 5) is -0.428. The van der Waals surface area contributed by atoms with Crippen LogP contribution in [-0.2, 0) is 10.0 Å². The molecule has 4 nitrogen and oxygen atoms in total. The molecule has 0 aromatic heterocycles. The van der Waals surface area contributed by atoms with E-state index in [1.165, 1.54) is 12.1 Å². The molecule has 0 aliphatic rings. The lowest BCUT2D eigenvalue weighted by Crippen LogP contribution is -2.15. The number of sulfonamides is 1. The molecule has 0 fully saturated rings. The first-order chi connectivity index (χ1) is 9.70. The van der Waals surface area contributed by atoms with Crippen LogP contribution < -0.4 is 10.5 Å². The lowest BCUT2D eigenvalue weighted by molar-refractivity contribution is 0.597. The van der Waals surface area contributed by atoms with Gasteiger partial charge in [-0.05, 0) is 36.8 Å². The second kappa shape index (κ2) is 5.50. The summed E-state index contributed by atoms with van der Waals surface area (Å²) in [6.45, 7) is 1.67. The molecule has 8 heteroatoms. The Bertz CT molecular complexity index is 810. The summed E-state index contributed by atoms with van der Waals surface area (Å²) in [5.74, 6) is -1.56. The molecule has 0 saturated carbocycles. The van der Waals surface area contributed by atoms with Crippen molar-refractivity contribution >= 4 is 33.0 Å². The first-order valence-electron chi connectivity index (χ1n) is 5.74. The molecule has 0 spiro atoms. The number of hydrogen-bond donors (Lipinski definition) is 2. The molecule has 2 aromatic rings. The van der Waals surface area contributed by atoms with Gasteiger partial charge in [0.1, 0.15) is 16.5 Å². The fourth-order valence-electron chi connectivity index (χ4n) is 1.65. The molecule has 0 aliphatic carbocycles. The number of nitrogen functional groups attached to an aromatic ring is 1. The van der Waals surface area contributed by atoms with Crippen molar-refractivity contribution in [3.63, 3.8) is 0 Å². The summed E-state index contributed by atoms with van der Waals surface area (Å²) in [7, 11) is -4.19. The molecule has 21 heavy (non-hydrogen) atoms. The van der Waals surface area contributed by atoms with Gasteiger partial charge in [0.25, 0.3) is 10.0 Å². The average Bonchev–Trinajstić information content (AvgIpc) is 2.37. The summed E-state index contributed by atoms with van der Waals surface area (Å²) < 4.78 is 53.3. The molecule has 0 bridgehead atoms. The van der Waals surface area contributed by atoms with Crippen LogP contribution in [-0.4, -0.2) is 8.42 Å². The molecule has 0 aliphatic heterocycles. The van der Waals surface area contributed by atoms with Gasteiger partial charge in [-0.3, -0.25) is 4.72 Å². The standard InChI is InChI=1S/C13H11ClF2N2O2S/c1-7-2-3-12(10(16)4-7)18-21(19,20)13-6-11(17)9(15)5-8(13)14/h2-6,18H,17H2,1H3. The van der Waals surface area contributed by atoms with Gasteiger partial charge in [-0.25, -0.2) is 17.2 Å². The minimum absolute atomic E-state index is 0.237. The maximum atomic E-state index is 13.7. The summed E-state index contributed by atoms with van der Waals surface area (Å²) in [6.07, 6.45) is 0. The maximum Gasteiger partial charge on any atom is 0.263 e. The van der Waals surface area contributed by atoms with Gasteiger partial charge in [0.15, 0.2) is 0 Å². The van der Waals surface area contributed by atoms with Crippen molar-refractivity contribution in [2.24, 2.45) is 0 Å². The lowest BCUT2D eigenvalue weighted by atomic mass is 10.2. The van der Waals surface area contributed by atoms with Gasteiger partial charge in [0, 0.05) is 0 Å². The molecule has 0 unspecified atom stereocenters. The molecule has 0 atom stereocenters. The van der Waals surface area contributed by atoms with E-state index in [2.05, 4.69) is 4.72 Å².